The lowest BCUT2D eigenvalue weighted by Crippen LogP contribution is -2.22. The zero-order valence-corrected chi connectivity index (χ0v) is 13.3. The second-order valence-corrected chi connectivity index (χ2v) is 5.37. The van der Waals surface area contributed by atoms with Gasteiger partial charge in [-0.25, -0.2) is 0 Å². The van der Waals surface area contributed by atoms with Gasteiger partial charge in [0, 0.05) is 23.3 Å². The molecule has 0 aliphatic carbocycles. The van der Waals surface area contributed by atoms with Crippen LogP contribution < -0.4 is 5.32 Å². The van der Waals surface area contributed by atoms with E-state index in [-0.39, 0.29) is 24.0 Å². The van der Waals surface area contributed by atoms with Crippen molar-refractivity contribution < 1.29 is 14.2 Å². The monoisotopic (exact) mass is 338 g/mol. The maximum Gasteiger partial charge on any atom is 0.269 e. The molecule has 2 aromatic carbocycles. The normalized spacial score (nSPS) is 10.4. The molecule has 0 atom stereocenters. The maximum absolute atomic E-state index is 12.0. The molecule has 8 heteroatoms. The number of hydrogen-bond acceptors (Lipinski definition) is 6. The number of hydrogen-bond donors (Lipinski definition) is 1. The number of carbonyl (C=O) groups excluding carboxylic acids is 1. The molecule has 1 aromatic heterocycles. The van der Waals surface area contributed by atoms with Crippen LogP contribution in [0.1, 0.15) is 21.8 Å². The summed E-state index contributed by atoms with van der Waals surface area (Å²) in [4.78, 5) is 26.4. The minimum Gasteiger partial charge on any atom is -0.343 e. The van der Waals surface area contributed by atoms with Crippen LogP contribution in [0.5, 0.6) is 0 Å². The predicted octanol–water partition coefficient (Wildman–Crippen LogP) is 2.88. The number of nitrogens with zero attached hydrogens (tertiary/aromatic N) is 3. The lowest BCUT2D eigenvalue weighted by atomic mass is 10.1. The topological polar surface area (TPSA) is 111 Å². The van der Waals surface area contributed by atoms with Crippen LogP contribution in [0.15, 0.2) is 53.1 Å². The Morgan fingerprint density at radius 3 is 2.68 bits per heavy atom. The number of non-ortho nitro benzene ring substituents is 1. The Balaban J connectivity index is 1.64. The summed E-state index contributed by atoms with van der Waals surface area (Å²) in [6, 6.07) is 13.0. The third-order valence-corrected chi connectivity index (χ3v) is 3.48. The highest BCUT2D eigenvalue weighted by Crippen LogP contribution is 2.17. The molecule has 0 spiro atoms. The maximum atomic E-state index is 12.0. The summed E-state index contributed by atoms with van der Waals surface area (Å²) >= 11 is 0. The standard InChI is InChI=1S/C17H14N4O4/c1-11-3-2-4-13(9-11)16-19-15(25-20-16)10-18-17(22)12-5-7-14(8-6-12)21(23)24/h2-9H,10H2,1H3,(H,18,22). The Labute approximate surface area is 142 Å². The zero-order valence-electron chi connectivity index (χ0n) is 13.3. The third-order valence-electron chi connectivity index (χ3n) is 3.48. The summed E-state index contributed by atoms with van der Waals surface area (Å²) < 4.78 is 5.13. The fourth-order valence-electron chi connectivity index (χ4n) is 2.22. The Morgan fingerprint density at radius 2 is 2.00 bits per heavy atom. The lowest BCUT2D eigenvalue weighted by Gasteiger charge is -2.01. The highest BCUT2D eigenvalue weighted by atomic mass is 16.6. The van der Waals surface area contributed by atoms with Crippen molar-refractivity contribution in [1.29, 1.82) is 0 Å². The van der Waals surface area contributed by atoms with Crippen LogP contribution in [0.3, 0.4) is 0 Å². The largest absolute Gasteiger partial charge is 0.343 e. The number of aryl methyl sites for hydroxylation is 1. The van der Waals surface area contributed by atoms with Crippen LogP contribution in [0.25, 0.3) is 11.4 Å². The molecule has 1 N–H and O–H groups in total. The molecule has 0 bridgehead atoms. The van der Waals surface area contributed by atoms with E-state index < -0.39 is 4.92 Å². The number of rotatable bonds is 5. The van der Waals surface area contributed by atoms with Gasteiger partial charge in [-0.15, -0.1) is 0 Å². The number of benzene rings is 2. The van der Waals surface area contributed by atoms with Crippen LogP contribution in [0.2, 0.25) is 0 Å². The number of nitro benzene ring substituents is 1. The number of carbonyl (C=O) groups is 1. The summed E-state index contributed by atoms with van der Waals surface area (Å²) in [5, 5.41) is 17.1. The average Bonchev–Trinajstić information content (AvgIpc) is 3.09. The minimum atomic E-state index is -0.521. The molecule has 1 heterocycles. The molecule has 0 aliphatic heterocycles. The van der Waals surface area contributed by atoms with E-state index >= 15 is 0 Å². The van der Waals surface area contributed by atoms with E-state index in [0.29, 0.717) is 11.4 Å². The highest BCUT2D eigenvalue weighted by Gasteiger charge is 2.12. The molecule has 1 amide bonds. The van der Waals surface area contributed by atoms with Gasteiger partial charge in [-0.2, -0.15) is 4.98 Å². The van der Waals surface area contributed by atoms with E-state index in [1.165, 1.54) is 24.3 Å². The Kier molecular flexibility index (Phi) is 4.51. The fraction of sp³-hybridized carbons (Fsp3) is 0.118. The highest BCUT2D eigenvalue weighted by molar-refractivity contribution is 5.94. The first kappa shape index (κ1) is 16.3. The van der Waals surface area contributed by atoms with Gasteiger partial charge in [0.15, 0.2) is 0 Å². The van der Waals surface area contributed by atoms with Crippen molar-refractivity contribution in [3.8, 4) is 11.4 Å². The summed E-state index contributed by atoms with van der Waals surface area (Å²) in [5.74, 6) is 0.334. The summed E-state index contributed by atoms with van der Waals surface area (Å²) in [5.41, 5.74) is 2.15. The van der Waals surface area contributed by atoms with Crippen LogP contribution in [0, 0.1) is 17.0 Å². The Hall–Kier alpha value is -3.55. The minimum absolute atomic E-state index is 0.0641. The molecule has 25 heavy (non-hydrogen) atoms. The molecule has 0 fully saturated rings. The molecular formula is C17H14N4O4. The van der Waals surface area contributed by atoms with Crippen LogP contribution in [-0.4, -0.2) is 21.0 Å². The van der Waals surface area contributed by atoms with Crippen molar-refractivity contribution in [2.45, 2.75) is 13.5 Å². The van der Waals surface area contributed by atoms with Gasteiger partial charge in [0.05, 0.1) is 11.5 Å². The molecule has 0 unspecified atom stereocenters. The van der Waals surface area contributed by atoms with Gasteiger partial charge in [0.25, 0.3) is 11.6 Å². The van der Waals surface area contributed by atoms with Crippen LogP contribution in [0.4, 0.5) is 5.69 Å². The fourth-order valence-corrected chi connectivity index (χ4v) is 2.22. The predicted molar refractivity (Wildman–Crippen MR) is 88.7 cm³/mol. The first-order valence-electron chi connectivity index (χ1n) is 7.45. The van der Waals surface area contributed by atoms with Gasteiger partial charge in [-0.1, -0.05) is 28.9 Å². The van der Waals surface area contributed by atoms with Gasteiger partial charge in [0.2, 0.25) is 11.7 Å². The van der Waals surface area contributed by atoms with Gasteiger partial charge in [0.1, 0.15) is 0 Å². The van der Waals surface area contributed by atoms with Crippen molar-refractivity contribution in [1.82, 2.24) is 15.5 Å². The van der Waals surface area contributed by atoms with Gasteiger partial charge < -0.3 is 9.84 Å². The molecule has 3 rings (SSSR count). The molecule has 3 aromatic rings. The van der Waals surface area contributed by atoms with E-state index in [2.05, 4.69) is 15.5 Å². The third kappa shape index (κ3) is 3.86. The Morgan fingerprint density at radius 1 is 1.24 bits per heavy atom. The van der Waals surface area contributed by atoms with Gasteiger partial charge >= 0.3 is 0 Å². The van der Waals surface area contributed by atoms with Crippen molar-refractivity contribution in [2.75, 3.05) is 0 Å². The lowest BCUT2D eigenvalue weighted by molar-refractivity contribution is -0.384. The zero-order chi connectivity index (χ0) is 17.8. The molecule has 0 saturated heterocycles. The average molecular weight is 338 g/mol. The molecular weight excluding hydrogens is 324 g/mol. The smallest absolute Gasteiger partial charge is 0.269 e. The van der Waals surface area contributed by atoms with Crippen molar-refractivity contribution in [3.05, 3.63) is 75.7 Å². The van der Waals surface area contributed by atoms with E-state index in [1.54, 1.807) is 0 Å². The van der Waals surface area contributed by atoms with Gasteiger partial charge in [-0.3, -0.25) is 14.9 Å². The summed E-state index contributed by atoms with van der Waals surface area (Å²) in [6.45, 7) is 2.03. The number of nitro groups is 1. The quantitative estimate of drug-likeness (QED) is 0.565. The second kappa shape index (κ2) is 6.91. The van der Waals surface area contributed by atoms with Crippen molar-refractivity contribution in [2.24, 2.45) is 0 Å². The first-order chi connectivity index (χ1) is 12.0. The molecule has 0 aliphatic rings. The molecule has 8 nitrogen and oxygen atoms in total. The summed E-state index contributed by atoms with van der Waals surface area (Å²) in [7, 11) is 0. The van der Waals surface area contributed by atoms with Crippen molar-refractivity contribution in [3.63, 3.8) is 0 Å². The number of amides is 1. The van der Waals surface area contributed by atoms with E-state index in [1.807, 2.05) is 31.2 Å². The summed E-state index contributed by atoms with van der Waals surface area (Å²) in [6.07, 6.45) is 0. The molecule has 0 saturated carbocycles. The van der Waals surface area contributed by atoms with Crippen molar-refractivity contribution >= 4 is 11.6 Å². The van der Waals surface area contributed by atoms with E-state index in [0.717, 1.165) is 11.1 Å². The SMILES string of the molecule is Cc1cccc(-c2noc(CNC(=O)c3ccc([N+](=O)[O-])cc3)n2)c1. The van der Waals surface area contributed by atoms with Gasteiger partial charge in [-0.05, 0) is 25.1 Å². The second-order valence-electron chi connectivity index (χ2n) is 5.37. The molecule has 126 valence electrons. The van der Waals surface area contributed by atoms with Crippen LogP contribution >= 0.6 is 0 Å². The molecule has 0 radical (unpaired) electrons. The number of aromatic nitrogens is 2. The first-order valence-corrected chi connectivity index (χ1v) is 7.45. The van der Waals surface area contributed by atoms with Crippen LogP contribution in [-0.2, 0) is 6.54 Å². The Bertz CT molecular complexity index is 918. The number of nitrogens with one attached hydrogen (secondary N) is 1. The van der Waals surface area contributed by atoms with E-state index in [4.69, 9.17) is 4.52 Å². The van der Waals surface area contributed by atoms with E-state index in [9.17, 15) is 14.9 Å².